The van der Waals surface area contributed by atoms with E-state index in [1.807, 2.05) is 18.2 Å². The van der Waals surface area contributed by atoms with Crippen molar-refractivity contribution in [2.24, 2.45) is 11.8 Å². The van der Waals surface area contributed by atoms with Gasteiger partial charge < -0.3 is 19.9 Å². The van der Waals surface area contributed by atoms with E-state index in [0.717, 1.165) is 30.6 Å². The zero-order valence-corrected chi connectivity index (χ0v) is 14.3. The smallest absolute Gasteiger partial charge is 0.306 e. The van der Waals surface area contributed by atoms with Crippen LogP contribution in [0.1, 0.15) is 37.7 Å². The molecule has 6 nitrogen and oxygen atoms in total. The van der Waals surface area contributed by atoms with Crippen molar-refractivity contribution in [1.29, 1.82) is 0 Å². The van der Waals surface area contributed by atoms with Gasteiger partial charge in [0.25, 0.3) is 0 Å². The lowest BCUT2D eigenvalue weighted by molar-refractivity contribution is -0.143. The summed E-state index contributed by atoms with van der Waals surface area (Å²) < 4.78 is 11.2. The van der Waals surface area contributed by atoms with E-state index in [1.54, 1.807) is 0 Å². The lowest BCUT2D eigenvalue weighted by atomic mass is 9.82. The molecule has 2 aliphatic rings. The summed E-state index contributed by atoms with van der Waals surface area (Å²) in [6.45, 7) is 1.90. The second kappa shape index (κ2) is 8.23. The molecular formula is C19H25NO5. The molecule has 136 valence electrons. The van der Waals surface area contributed by atoms with Crippen LogP contribution in [0.25, 0.3) is 0 Å². The number of rotatable bonds is 5. The van der Waals surface area contributed by atoms with Crippen LogP contribution < -0.4 is 14.8 Å². The molecule has 25 heavy (non-hydrogen) atoms. The van der Waals surface area contributed by atoms with Crippen LogP contribution in [0.5, 0.6) is 11.5 Å². The molecule has 1 aromatic carbocycles. The largest absolute Gasteiger partial charge is 0.490 e. The maximum Gasteiger partial charge on any atom is 0.306 e. The average molecular weight is 347 g/mol. The zero-order valence-electron chi connectivity index (χ0n) is 14.3. The summed E-state index contributed by atoms with van der Waals surface area (Å²) in [7, 11) is 0. The fraction of sp³-hybridized carbons (Fsp3) is 0.579. The van der Waals surface area contributed by atoms with Gasteiger partial charge in [0.1, 0.15) is 0 Å². The fourth-order valence-electron chi connectivity index (χ4n) is 3.44. The number of carbonyl (C=O) groups is 2. The standard InChI is InChI=1S/C19H25NO5/c21-18(20-12-13-2-5-15(6-3-13)19(22)23)11-14-4-7-16-17(10-14)25-9-1-8-24-16/h4,7,10,13,15H,1-3,5-6,8-9,11-12H2,(H,20,21)(H,22,23). The third kappa shape index (κ3) is 4.87. The van der Waals surface area contributed by atoms with E-state index in [4.69, 9.17) is 14.6 Å². The Morgan fingerprint density at radius 2 is 1.80 bits per heavy atom. The third-order valence-electron chi connectivity index (χ3n) is 4.96. The summed E-state index contributed by atoms with van der Waals surface area (Å²) >= 11 is 0. The van der Waals surface area contributed by atoms with Crippen molar-refractivity contribution in [3.8, 4) is 11.5 Å². The number of carbonyl (C=O) groups excluding carboxylic acids is 1. The molecule has 0 saturated heterocycles. The Labute approximate surface area is 147 Å². The Hall–Kier alpha value is -2.24. The molecule has 0 bridgehead atoms. The highest BCUT2D eigenvalue weighted by atomic mass is 16.5. The van der Waals surface area contributed by atoms with Crippen LogP contribution in [0, 0.1) is 11.8 Å². The number of fused-ring (bicyclic) bond motifs is 1. The highest BCUT2D eigenvalue weighted by Gasteiger charge is 2.26. The minimum absolute atomic E-state index is 0.0187. The number of nitrogens with one attached hydrogen (secondary N) is 1. The number of hydrogen-bond acceptors (Lipinski definition) is 4. The molecule has 6 heteroatoms. The molecule has 3 rings (SSSR count). The first-order valence-electron chi connectivity index (χ1n) is 9.00. The van der Waals surface area contributed by atoms with Crippen LogP contribution in [0.3, 0.4) is 0 Å². The van der Waals surface area contributed by atoms with Crippen LogP contribution in [0.15, 0.2) is 18.2 Å². The maximum absolute atomic E-state index is 12.2. The van der Waals surface area contributed by atoms with Crippen molar-refractivity contribution in [3.63, 3.8) is 0 Å². The van der Waals surface area contributed by atoms with E-state index in [9.17, 15) is 9.59 Å². The summed E-state index contributed by atoms with van der Waals surface area (Å²) in [5.74, 6) is 0.885. The molecule has 1 heterocycles. The molecule has 2 N–H and O–H groups in total. The van der Waals surface area contributed by atoms with Crippen molar-refractivity contribution in [1.82, 2.24) is 5.32 Å². The first kappa shape index (κ1) is 17.6. The Morgan fingerprint density at radius 1 is 1.08 bits per heavy atom. The number of carboxylic acid groups (broad SMARTS) is 1. The molecule has 1 aliphatic heterocycles. The van der Waals surface area contributed by atoms with Gasteiger partial charge in [-0.15, -0.1) is 0 Å². The number of benzene rings is 1. The second-order valence-corrected chi connectivity index (χ2v) is 6.87. The van der Waals surface area contributed by atoms with E-state index in [2.05, 4.69) is 5.32 Å². The molecule has 0 unspecified atom stereocenters. The SMILES string of the molecule is O=C(Cc1ccc2c(c1)OCCCO2)NCC1CCC(C(=O)O)CC1. The van der Waals surface area contributed by atoms with Gasteiger partial charge in [0.2, 0.25) is 5.91 Å². The predicted molar refractivity (Wildman–Crippen MR) is 91.8 cm³/mol. The maximum atomic E-state index is 12.2. The van der Waals surface area contributed by atoms with Gasteiger partial charge in [-0.25, -0.2) is 0 Å². The molecule has 1 aromatic rings. The number of aliphatic carboxylic acids is 1. The van der Waals surface area contributed by atoms with Gasteiger partial charge >= 0.3 is 5.97 Å². The Balaban J connectivity index is 1.45. The number of amides is 1. The summed E-state index contributed by atoms with van der Waals surface area (Å²) in [6.07, 6.45) is 4.30. The molecular weight excluding hydrogens is 322 g/mol. The van der Waals surface area contributed by atoms with Gasteiger partial charge in [-0.05, 0) is 49.3 Å². The molecule has 0 radical (unpaired) electrons. The van der Waals surface area contributed by atoms with Crippen molar-refractivity contribution in [3.05, 3.63) is 23.8 Å². The van der Waals surface area contributed by atoms with Crippen molar-refractivity contribution in [2.45, 2.75) is 38.5 Å². The monoisotopic (exact) mass is 347 g/mol. The van der Waals surface area contributed by atoms with E-state index in [0.29, 0.717) is 50.7 Å². The molecule has 1 aliphatic carbocycles. The minimum Gasteiger partial charge on any atom is -0.490 e. The number of ether oxygens (including phenoxy) is 2. The van der Waals surface area contributed by atoms with Crippen molar-refractivity contribution < 1.29 is 24.2 Å². The predicted octanol–water partition coefficient (Wildman–Crippen LogP) is 2.40. The Morgan fingerprint density at radius 3 is 2.52 bits per heavy atom. The van der Waals surface area contributed by atoms with Gasteiger partial charge in [0, 0.05) is 13.0 Å². The first-order chi connectivity index (χ1) is 12.1. The van der Waals surface area contributed by atoms with Crippen molar-refractivity contribution in [2.75, 3.05) is 19.8 Å². The van der Waals surface area contributed by atoms with Crippen LogP contribution in [0.4, 0.5) is 0 Å². The molecule has 0 aromatic heterocycles. The van der Waals surface area contributed by atoms with E-state index in [-0.39, 0.29) is 11.8 Å². The molecule has 1 saturated carbocycles. The summed E-state index contributed by atoms with van der Waals surface area (Å²) in [5.41, 5.74) is 0.899. The molecule has 0 atom stereocenters. The van der Waals surface area contributed by atoms with Crippen LogP contribution in [0.2, 0.25) is 0 Å². The Kier molecular flexibility index (Phi) is 5.79. The number of carboxylic acids is 1. The summed E-state index contributed by atoms with van der Waals surface area (Å²) in [4.78, 5) is 23.2. The van der Waals surface area contributed by atoms with Crippen LogP contribution in [-0.2, 0) is 16.0 Å². The molecule has 1 amide bonds. The quantitative estimate of drug-likeness (QED) is 0.854. The highest BCUT2D eigenvalue weighted by molar-refractivity contribution is 5.78. The Bertz CT molecular complexity index is 622. The van der Waals surface area contributed by atoms with Gasteiger partial charge in [-0.1, -0.05) is 6.07 Å². The fourth-order valence-corrected chi connectivity index (χ4v) is 3.44. The lowest BCUT2D eigenvalue weighted by Crippen LogP contribution is -2.33. The summed E-state index contributed by atoms with van der Waals surface area (Å²) in [6, 6.07) is 5.62. The van der Waals surface area contributed by atoms with E-state index < -0.39 is 5.97 Å². The normalized spacial score (nSPS) is 22.7. The highest BCUT2D eigenvalue weighted by Crippen LogP contribution is 2.31. The van der Waals surface area contributed by atoms with Gasteiger partial charge in [0.15, 0.2) is 11.5 Å². The van der Waals surface area contributed by atoms with Crippen molar-refractivity contribution >= 4 is 11.9 Å². The first-order valence-corrected chi connectivity index (χ1v) is 9.00. The third-order valence-corrected chi connectivity index (χ3v) is 4.96. The lowest BCUT2D eigenvalue weighted by Gasteiger charge is -2.26. The van der Waals surface area contributed by atoms with E-state index in [1.165, 1.54) is 0 Å². The van der Waals surface area contributed by atoms with Gasteiger partial charge in [0.05, 0.1) is 25.6 Å². The van der Waals surface area contributed by atoms with Crippen LogP contribution in [-0.4, -0.2) is 36.7 Å². The topological polar surface area (TPSA) is 84.9 Å². The molecule has 0 spiro atoms. The minimum atomic E-state index is -0.697. The summed E-state index contributed by atoms with van der Waals surface area (Å²) in [5, 5.41) is 12.0. The van der Waals surface area contributed by atoms with Gasteiger partial charge in [-0.3, -0.25) is 9.59 Å². The van der Waals surface area contributed by atoms with E-state index >= 15 is 0 Å². The average Bonchev–Trinajstić information content (AvgIpc) is 2.85. The van der Waals surface area contributed by atoms with Crippen LogP contribution >= 0.6 is 0 Å². The van der Waals surface area contributed by atoms with Gasteiger partial charge in [-0.2, -0.15) is 0 Å². The number of hydrogen-bond donors (Lipinski definition) is 2. The molecule has 1 fully saturated rings. The zero-order chi connectivity index (χ0) is 17.6. The second-order valence-electron chi connectivity index (χ2n) is 6.87.